The summed E-state index contributed by atoms with van der Waals surface area (Å²) in [4.78, 5) is 11.8. The summed E-state index contributed by atoms with van der Waals surface area (Å²) in [5.41, 5.74) is 5.18. The molecule has 1 aromatic heterocycles. The van der Waals surface area contributed by atoms with Crippen LogP contribution in [0.2, 0.25) is 0 Å². The number of aromatic nitrogens is 4. The second-order valence-electron chi connectivity index (χ2n) is 3.81. The van der Waals surface area contributed by atoms with E-state index in [9.17, 15) is 18.0 Å². The number of nitrogen functional groups attached to an aromatic ring is 1. The highest BCUT2D eigenvalue weighted by molar-refractivity contribution is 5.95. The summed E-state index contributed by atoms with van der Waals surface area (Å²) in [6.07, 6.45) is -4.85. The average Bonchev–Trinajstić information content (AvgIpc) is 2.90. The zero-order valence-corrected chi connectivity index (χ0v) is 10.3. The number of H-pyrrole nitrogens is 1. The second-order valence-corrected chi connectivity index (χ2v) is 3.81. The van der Waals surface area contributed by atoms with Gasteiger partial charge in [-0.2, -0.15) is 5.21 Å². The Morgan fingerprint density at radius 2 is 2.19 bits per heavy atom. The van der Waals surface area contributed by atoms with Gasteiger partial charge in [0.05, 0.1) is 12.2 Å². The number of alkyl halides is 3. The standard InChI is InChI=1S/C10H9F3N6O2/c11-10(12,13)21-7-2-1-5(3-6(7)14)9(20)15-4-8-16-18-19-17-8/h1-3H,4,14H2,(H,15,20)(H,16,17,18,19). The Balaban J connectivity index is 2.03. The first-order valence-electron chi connectivity index (χ1n) is 5.51. The Labute approximate surface area is 115 Å². The number of rotatable bonds is 4. The molecule has 0 aliphatic carbocycles. The lowest BCUT2D eigenvalue weighted by molar-refractivity contribution is -0.274. The number of aromatic amines is 1. The number of carbonyl (C=O) groups is 1. The van der Waals surface area contributed by atoms with Crippen molar-refractivity contribution in [1.82, 2.24) is 25.9 Å². The van der Waals surface area contributed by atoms with Crippen molar-refractivity contribution in [3.8, 4) is 5.75 Å². The second kappa shape index (κ2) is 5.64. The van der Waals surface area contributed by atoms with Crippen LogP contribution in [0.25, 0.3) is 0 Å². The SMILES string of the molecule is Nc1cc(C(=O)NCc2nn[nH]n2)ccc1OC(F)(F)F. The molecule has 0 spiro atoms. The van der Waals surface area contributed by atoms with Crippen molar-refractivity contribution in [3.63, 3.8) is 0 Å². The molecule has 0 fully saturated rings. The van der Waals surface area contributed by atoms with Crippen molar-refractivity contribution in [2.75, 3.05) is 5.73 Å². The van der Waals surface area contributed by atoms with E-state index in [1.807, 2.05) is 0 Å². The van der Waals surface area contributed by atoms with Crippen LogP contribution < -0.4 is 15.8 Å². The molecule has 1 amide bonds. The number of nitrogens with one attached hydrogen (secondary N) is 2. The molecular weight excluding hydrogens is 293 g/mol. The van der Waals surface area contributed by atoms with Gasteiger partial charge in [-0.25, -0.2) is 0 Å². The fourth-order valence-corrected chi connectivity index (χ4v) is 1.43. The maximum absolute atomic E-state index is 12.1. The molecule has 0 bridgehead atoms. The van der Waals surface area contributed by atoms with E-state index < -0.39 is 18.0 Å². The summed E-state index contributed by atoms with van der Waals surface area (Å²) in [6.45, 7) is 0.00996. The van der Waals surface area contributed by atoms with Gasteiger partial charge in [-0.15, -0.1) is 23.4 Å². The molecule has 0 unspecified atom stereocenters. The summed E-state index contributed by atoms with van der Waals surface area (Å²) in [7, 11) is 0. The van der Waals surface area contributed by atoms with Crippen molar-refractivity contribution >= 4 is 11.6 Å². The molecule has 0 saturated heterocycles. The third kappa shape index (κ3) is 4.06. The third-order valence-corrected chi connectivity index (χ3v) is 2.29. The lowest BCUT2D eigenvalue weighted by Crippen LogP contribution is -2.24. The number of amides is 1. The van der Waals surface area contributed by atoms with Gasteiger partial charge >= 0.3 is 6.36 Å². The molecular formula is C10H9F3N6O2. The topological polar surface area (TPSA) is 119 Å². The normalized spacial score (nSPS) is 11.2. The Morgan fingerprint density at radius 3 is 2.76 bits per heavy atom. The number of carbonyl (C=O) groups excluding carboxylic acids is 1. The molecule has 11 heteroatoms. The van der Waals surface area contributed by atoms with E-state index >= 15 is 0 Å². The van der Waals surface area contributed by atoms with E-state index in [-0.39, 0.29) is 23.6 Å². The van der Waals surface area contributed by atoms with Gasteiger partial charge in [-0.05, 0) is 18.2 Å². The molecule has 21 heavy (non-hydrogen) atoms. The van der Waals surface area contributed by atoms with Gasteiger partial charge < -0.3 is 15.8 Å². The van der Waals surface area contributed by atoms with Gasteiger partial charge in [-0.3, -0.25) is 4.79 Å². The minimum absolute atomic E-state index is 0.00996. The maximum Gasteiger partial charge on any atom is 0.573 e. The molecule has 0 atom stereocenters. The number of ether oxygens (including phenoxy) is 1. The van der Waals surface area contributed by atoms with E-state index in [1.54, 1.807) is 0 Å². The van der Waals surface area contributed by atoms with Crippen LogP contribution in [0.5, 0.6) is 5.75 Å². The van der Waals surface area contributed by atoms with Crippen LogP contribution >= 0.6 is 0 Å². The Morgan fingerprint density at radius 1 is 1.43 bits per heavy atom. The van der Waals surface area contributed by atoms with E-state index in [0.29, 0.717) is 0 Å². The molecule has 2 rings (SSSR count). The van der Waals surface area contributed by atoms with E-state index in [1.165, 1.54) is 0 Å². The number of anilines is 1. The average molecular weight is 302 g/mol. The molecule has 0 aliphatic rings. The predicted molar refractivity (Wildman–Crippen MR) is 62.9 cm³/mol. The van der Waals surface area contributed by atoms with Crippen molar-refractivity contribution in [3.05, 3.63) is 29.6 Å². The van der Waals surface area contributed by atoms with Gasteiger partial charge in [0.2, 0.25) is 0 Å². The van der Waals surface area contributed by atoms with Crippen LogP contribution in [0.3, 0.4) is 0 Å². The predicted octanol–water partition coefficient (Wildman–Crippen LogP) is 0.610. The first-order chi connectivity index (χ1) is 9.85. The molecule has 1 aromatic carbocycles. The summed E-state index contributed by atoms with van der Waals surface area (Å²) in [5.74, 6) is -0.865. The minimum atomic E-state index is -4.85. The van der Waals surface area contributed by atoms with Gasteiger partial charge in [-0.1, -0.05) is 5.21 Å². The minimum Gasteiger partial charge on any atom is -0.404 e. The van der Waals surface area contributed by atoms with Crippen molar-refractivity contribution in [2.45, 2.75) is 12.9 Å². The molecule has 0 aliphatic heterocycles. The van der Waals surface area contributed by atoms with Crippen LogP contribution in [0.1, 0.15) is 16.2 Å². The molecule has 1 heterocycles. The Hall–Kier alpha value is -2.85. The number of hydrogen-bond acceptors (Lipinski definition) is 6. The Bertz CT molecular complexity index is 628. The summed E-state index contributed by atoms with van der Waals surface area (Å²) in [5, 5.41) is 15.2. The quantitative estimate of drug-likeness (QED) is 0.712. The largest absolute Gasteiger partial charge is 0.573 e. The molecule has 8 nitrogen and oxygen atoms in total. The molecule has 0 saturated carbocycles. The molecule has 112 valence electrons. The van der Waals surface area contributed by atoms with Crippen LogP contribution in [0.4, 0.5) is 18.9 Å². The fourth-order valence-electron chi connectivity index (χ4n) is 1.43. The van der Waals surface area contributed by atoms with E-state index in [4.69, 9.17) is 5.73 Å². The van der Waals surface area contributed by atoms with Crippen molar-refractivity contribution < 1.29 is 22.7 Å². The highest BCUT2D eigenvalue weighted by Crippen LogP contribution is 2.28. The summed E-state index contributed by atoms with van der Waals surface area (Å²) < 4.78 is 39.9. The van der Waals surface area contributed by atoms with Crippen LogP contribution in [-0.4, -0.2) is 32.9 Å². The first-order valence-corrected chi connectivity index (χ1v) is 5.51. The van der Waals surface area contributed by atoms with E-state index in [2.05, 4.69) is 30.7 Å². The highest BCUT2D eigenvalue weighted by atomic mass is 19.4. The van der Waals surface area contributed by atoms with Gasteiger partial charge in [0.1, 0.15) is 0 Å². The van der Waals surface area contributed by atoms with Crippen LogP contribution in [0, 0.1) is 0 Å². The lowest BCUT2D eigenvalue weighted by Gasteiger charge is -2.12. The zero-order valence-electron chi connectivity index (χ0n) is 10.3. The number of hydrogen-bond donors (Lipinski definition) is 3. The molecule has 4 N–H and O–H groups in total. The first kappa shape index (κ1) is 14.6. The molecule has 0 radical (unpaired) electrons. The van der Waals surface area contributed by atoms with E-state index in [0.717, 1.165) is 18.2 Å². The summed E-state index contributed by atoms with van der Waals surface area (Å²) >= 11 is 0. The number of halogens is 3. The highest BCUT2D eigenvalue weighted by Gasteiger charge is 2.32. The summed E-state index contributed by atoms with van der Waals surface area (Å²) in [6, 6.07) is 3.20. The van der Waals surface area contributed by atoms with Crippen molar-refractivity contribution in [1.29, 1.82) is 0 Å². The van der Waals surface area contributed by atoms with Crippen molar-refractivity contribution in [2.24, 2.45) is 0 Å². The molecule has 2 aromatic rings. The maximum atomic E-state index is 12.1. The number of nitrogens with zero attached hydrogens (tertiary/aromatic N) is 3. The number of tetrazole rings is 1. The lowest BCUT2D eigenvalue weighted by atomic mass is 10.2. The third-order valence-electron chi connectivity index (χ3n) is 2.29. The van der Waals surface area contributed by atoms with Gasteiger partial charge in [0.15, 0.2) is 11.6 Å². The fraction of sp³-hybridized carbons (Fsp3) is 0.200. The van der Waals surface area contributed by atoms with Crippen LogP contribution in [0.15, 0.2) is 18.2 Å². The number of benzene rings is 1. The monoisotopic (exact) mass is 302 g/mol. The number of nitrogens with two attached hydrogens (primary N) is 1. The van der Waals surface area contributed by atoms with Crippen LogP contribution in [-0.2, 0) is 6.54 Å². The zero-order chi connectivity index (χ0) is 15.5. The van der Waals surface area contributed by atoms with Gasteiger partial charge in [0.25, 0.3) is 5.91 Å². The van der Waals surface area contributed by atoms with Gasteiger partial charge in [0, 0.05) is 5.56 Å². The Kier molecular flexibility index (Phi) is 3.91. The smallest absolute Gasteiger partial charge is 0.404 e.